The van der Waals surface area contributed by atoms with Gasteiger partial charge in [-0.2, -0.15) is 0 Å². The summed E-state index contributed by atoms with van der Waals surface area (Å²) in [5.74, 6) is 0.874. The Hall–Kier alpha value is -1.26. The van der Waals surface area contributed by atoms with E-state index in [0.717, 1.165) is 18.0 Å². The second kappa shape index (κ2) is 5.39. The molecule has 4 nitrogen and oxygen atoms in total. The molecule has 0 bridgehead atoms. The highest BCUT2D eigenvalue weighted by Crippen LogP contribution is 2.34. The Morgan fingerprint density at radius 2 is 1.95 bits per heavy atom. The number of hydrogen-bond acceptors (Lipinski definition) is 4. The third-order valence-corrected chi connectivity index (χ3v) is 3.93. The van der Waals surface area contributed by atoms with E-state index in [1.165, 1.54) is 11.1 Å². The van der Waals surface area contributed by atoms with Crippen molar-refractivity contribution in [3.05, 3.63) is 23.3 Å². The zero-order valence-electron chi connectivity index (χ0n) is 12.2. The molecule has 1 aromatic carbocycles. The van der Waals surface area contributed by atoms with Crippen molar-refractivity contribution in [3.63, 3.8) is 0 Å². The molecule has 1 aliphatic heterocycles. The number of methoxy groups -OCH3 is 1. The first-order chi connectivity index (χ1) is 9.01. The number of ether oxygens (including phenoxy) is 2. The van der Waals surface area contributed by atoms with Crippen molar-refractivity contribution in [1.29, 1.82) is 0 Å². The molecule has 0 amide bonds. The van der Waals surface area contributed by atoms with Crippen LogP contribution in [0.4, 0.5) is 5.69 Å². The number of aryl methyl sites for hydroxylation is 2. The first kappa shape index (κ1) is 14.2. The van der Waals surface area contributed by atoms with Gasteiger partial charge in [0.2, 0.25) is 0 Å². The number of aliphatic hydroxyl groups is 1. The molecule has 1 saturated heterocycles. The van der Waals surface area contributed by atoms with Crippen LogP contribution in [0.5, 0.6) is 5.75 Å². The van der Waals surface area contributed by atoms with Crippen LogP contribution in [0.3, 0.4) is 0 Å². The van der Waals surface area contributed by atoms with Crippen molar-refractivity contribution < 1.29 is 14.6 Å². The maximum atomic E-state index is 9.52. The number of hydrogen-bond donors (Lipinski definition) is 1. The minimum atomic E-state index is -0.126. The second-order valence-electron chi connectivity index (χ2n) is 5.62. The topological polar surface area (TPSA) is 41.9 Å². The van der Waals surface area contributed by atoms with Gasteiger partial charge in [0, 0.05) is 13.6 Å². The van der Waals surface area contributed by atoms with Crippen molar-refractivity contribution in [2.45, 2.75) is 13.8 Å². The highest BCUT2D eigenvalue weighted by Gasteiger charge is 2.39. The van der Waals surface area contributed by atoms with Crippen LogP contribution in [0.2, 0.25) is 0 Å². The Morgan fingerprint density at radius 3 is 2.42 bits per heavy atom. The number of anilines is 1. The molecule has 0 atom stereocenters. The number of aliphatic hydroxyl groups excluding tert-OH is 1. The van der Waals surface area contributed by atoms with Crippen LogP contribution >= 0.6 is 0 Å². The van der Waals surface area contributed by atoms with Crippen LogP contribution in [0.25, 0.3) is 0 Å². The highest BCUT2D eigenvalue weighted by atomic mass is 16.5. The van der Waals surface area contributed by atoms with Gasteiger partial charge in [0.05, 0.1) is 38.0 Å². The zero-order chi connectivity index (χ0) is 14.0. The van der Waals surface area contributed by atoms with Crippen molar-refractivity contribution >= 4 is 5.69 Å². The molecule has 0 spiro atoms. The van der Waals surface area contributed by atoms with Crippen LogP contribution in [-0.2, 0) is 4.74 Å². The average molecular weight is 265 g/mol. The highest BCUT2D eigenvalue weighted by molar-refractivity contribution is 5.61. The lowest BCUT2D eigenvalue weighted by atomic mass is 9.86. The lowest BCUT2D eigenvalue weighted by Crippen LogP contribution is -2.52. The molecule has 1 aromatic rings. The van der Waals surface area contributed by atoms with Crippen molar-refractivity contribution in [3.8, 4) is 5.75 Å². The summed E-state index contributed by atoms with van der Waals surface area (Å²) >= 11 is 0. The molecule has 0 aromatic heterocycles. The Labute approximate surface area is 114 Å². The van der Waals surface area contributed by atoms with Crippen LogP contribution in [0.15, 0.2) is 12.1 Å². The van der Waals surface area contributed by atoms with Gasteiger partial charge in [-0.15, -0.1) is 0 Å². The minimum Gasteiger partial charge on any atom is -0.495 e. The van der Waals surface area contributed by atoms with E-state index in [2.05, 4.69) is 30.9 Å². The van der Waals surface area contributed by atoms with Gasteiger partial charge in [-0.25, -0.2) is 0 Å². The van der Waals surface area contributed by atoms with Crippen molar-refractivity contribution in [2.24, 2.45) is 5.41 Å². The Kier molecular flexibility index (Phi) is 4.02. The maximum Gasteiger partial charge on any atom is 0.142 e. The quantitative estimate of drug-likeness (QED) is 0.881. The van der Waals surface area contributed by atoms with Crippen LogP contribution < -0.4 is 9.64 Å². The van der Waals surface area contributed by atoms with E-state index in [-0.39, 0.29) is 12.0 Å². The Balaban J connectivity index is 2.23. The lowest BCUT2D eigenvalue weighted by molar-refractivity contribution is -0.130. The number of nitrogens with zero attached hydrogens (tertiary/aromatic N) is 1. The SMILES string of the molecule is COc1cc(C)c(C)cc1N(C)CC1(CO)COC1. The largest absolute Gasteiger partial charge is 0.495 e. The normalized spacial score (nSPS) is 16.9. The van der Waals surface area contributed by atoms with Gasteiger partial charge >= 0.3 is 0 Å². The predicted octanol–water partition coefficient (Wildman–Crippen LogP) is 1.76. The van der Waals surface area contributed by atoms with E-state index < -0.39 is 0 Å². The smallest absolute Gasteiger partial charge is 0.142 e. The monoisotopic (exact) mass is 265 g/mol. The van der Waals surface area contributed by atoms with E-state index in [1.807, 2.05) is 7.05 Å². The molecule has 2 rings (SSSR count). The van der Waals surface area contributed by atoms with Crippen LogP contribution in [-0.4, -0.2) is 45.6 Å². The van der Waals surface area contributed by atoms with Gasteiger partial charge in [0.25, 0.3) is 0 Å². The summed E-state index contributed by atoms with van der Waals surface area (Å²) in [6, 6.07) is 4.20. The fraction of sp³-hybridized carbons (Fsp3) is 0.600. The second-order valence-corrected chi connectivity index (χ2v) is 5.62. The molecule has 1 heterocycles. The predicted molar refractivity (Wildman–Crippen MR) is 76.1 cm³/mol. The molecule has 0 saturated carbocycles. The summed E-state index contributed by atoms with van der Waals surface area (Å²) in [5.41, 5.74) is 3.40. The first-order valence-electron chi connectivity index (χ1n) is 6.56. The van der Waals surface area contributed by atoms with E-state index in [0.29, 0.717) is 13.2 Å². The zero-order valence-corrected chi connectivity index (χ0v) is 12.2. The van der Waals surface area contributed by atoms with E-state index in [1.54, 1.807) is 7.11 Å². The van der Waals surface area contributed by atoms with Gasteiger partial charge in [0.1, 0.15) is 5.75 Å². The number of rotatable bonds is 5. The minimum absolute atomic E-state index is 0.126. The van der Waals surface area contributed by atoms with Gasteiger partial charge < -0.3 is 19.5 Å². The average Bonchev–Trinajstić information content (AvgIpc) is 2.36. The fourth-order valence-electron chi connectivity index (χ4n) is 2.45. The first-order valence-corrected chi connectivity index (χ1v) is 6.56. The molecule has 0 radical (unpaired) electrons. The molecule has 1 N–H and O–H groups in total. The third-order valence-electron chi connectivity index (χ3n) is 3.93. The maximum absolute atomic E-state index is 9.52. The van der Waals surface area contributed by atoms with Gasteiger partial charge in [-0.1, -0.05) is 0 Å². The molecule has 0 aliphatic carbocycles. The summed E-state index contributed by atoms with van der Waals surface area (Å²) in [7, 11) is 3.72. The van der Waals surface area contributed by atoms with Crippen LogP contribution in [0, 0.1) is 19.3 Å². The lowest BCUT2D eigenvalue weighted by Gasteiger charge is -2.43. The molecule has 19 heavy (non-hydrogen) atoms. The fourth-order valence-corrected chi connectivity index (χ4v) is 2.45. The molecule has 1 aliphatic rings. The van der Waals surface area contributed by atoms with Crippen molar-refractivity contribution in [2.75, 3.05) is 45.4 Å². The standard InChI is InChI=1S/C15H23NO3/c1-11-5-13(14(18-4)6-12(11)2)16(3)7-15(8-17)9-19-10-15/h5-6,17H,7-10H2,1-4H3. The van der Waals surface area contributed by atoms with Gasteiger partial charge in [-0.3, -0.25) is 0 Å². The van der Waals surface area contributed by atoms with Gasteiger partial charge in [0.15, 0.2) is 0 Å². The summed E-state index contributed by atoms with van der Waals surface area (Å²) < 4.78 is 10.7. The Bertz CT molecular complexity index is 449. The summed E-state index contributed by atoms with van der Waals surface area (Å²) in [5, 5.41) is 9.52. The van der Waals surface area contributed by atoms with Gasteiger partial charge in [-0.05, 0) is 37.1 Å². The Morgan fingerprint density at radius 1 is 1.32 bits per heavy atom. The number of benzene rings is 1. The molecular formula is C15H23NO3. The van der Waals surface area contributed by atoms with E-state index >= 15 is 0 Å². The van der Waals surface area contributed by atoms with Crippen LogP contribution in [0.1, 0.15) is 11.1 Å². The van der Waals surface area contributed by atoms with E-state index in [4.69, 9.17) is 9.47 Å². The molecule has 106 valence electrons. The van der Waals surface area contributed by atoms with Crippen molar-refractivity contribution in [1.82, 2.24) is 0 Å². The molecule has 0 unspecified atom stereocenters. The summed E-state index contributed by atoms with van der Waals surface area (Å²) in [6.07, 6.45) is 0. The van der Waals surface area contributed by atoms with E-state index in [9.17, 15) is 5.11 Å². The summed E-state index contributed by atoms with van der Waals surface area (Å²) in [4.78, 5) is 2.14. The summed E-state index contributed by atoms with van der Waals surface area (Å²) in [6.45, 7) is 6.35. The molecule has 4 heteroatoms. The molecular weight excluding hydrogens is 242 g/mol. The third kappa shape index (κ3) is 2.69. The molecule has 1 fully saturated rings.